The molecule has 1 aromatic heterocycles. The molecule has 0 fully saturated rings. The average molecular weight is 167 g/mol. The van der Waals surface area contributed by atoms with Gasteiger partial charge in [-0.15, -0.1) is 0 Å². The van der Waals surface area contributed by atoms with Gasteiger partial charge in [0.25, 0.3) is 0 Å². The monoisotopic (exact) mass is 167 g/mol. The standard InChI is InChI=1S/C12H9N/c1-2-6-12(7-3-1)8-11-13-9-4-5-10-13/h1-7,9-10H. The van der Waals surface area contributed by atoms with Crippen LogP contribution in [-0.4, -0.2) is 4.57 Å². The maximum Gasteiger partial charge on any atom is 0.0264 e. The van der Waals surface area contributed by atoms with Crippen LogP contribution >= 0.6 is 0 Å². The highest BCUT2D eigenvalue weighted by Gasteiger charge is 1.81. The summed E-state index contributed by atoms with van der Waals surface area (Å²) in [5.74, 6) is 3.06. The lowest BCUT2D eigenvalue weighted by Gasteiger charge is -1.87. The molecule has 0 unspecified atom stereocenters. The average Bonchev–Trinajstić information content (AvgIpc) is 2.69. The smallest absolute Gasteiger partial charge is 0.0264 e. The fourth-order valence-corrected chi connectivity index (χ4v) is 1.06. The summed E-state index contributed by atoms with van der Waals surface area (Å²) >= 11 is 0. The highest BCUT2D eigenvalue weighted by Crippen LogP contribution is 1.95. The van der Waals surface area contributed by atoms with Gasteiger partial charge in [-0.2, -0.15) is 0 Å². The Bertz CT molecular complexity index is 415. The Morgan fingerprint density at radius 3 is 2.23 bits per heavy atom. The van der Waals surface area contributed by atoms with Crippen LogP contribution in [0.5, 0.6) is 0 Å². The summed E-state index contributed by atoms with van der Waals surface area (Å²) in [6, 6.07) is 16.9. The highest BCUT2D eigenvalue weighted by atomic mass is 14.9. The maximum atomic E-state index is 3.06. The summed E-state index contributed by atoms with van der Waals surface area (Å²) < 4.78 is 1.84. The predicted molar refractivity (Wildman–Crippen MR) is 53.2 cm³/mol. The largest absolute Gasteiger partial charge is 0.284 e. The summed E-state index contributed by atoms with van der Waals surface area (Å²) in [5.41, 5.74) is 1.04. The van der Waals surface area contributed by atoms with E-state index in [1.807, 2.05) is 59.4 Å². The second-order valence-electron chi connectivity index (χ2n) is 2.69. The molecule has 0 atom stereocenters. The Morgan fingerprint density at radius 1 is 0.846 bits per heavy atom. The van der Waals surface area contributed by atoms with Crippen LogP contribution in [0.3, 0.4) is 0 Å². The number of hydrogen-bond acceptors (Lipinski definition) is 0. The number of benzene rings is 1. The van der Waals surface area contributed by atoms with Crippen molar-refractivity contribution in [1.82, 2.24) is 4.57 Å². The molecule has 0 aliphatic heterocycles. The summed E-state index contributed by atoms with van der Waals surface area (Å²) in [6.45, 7) is 0. The third kappa shape index (κ3) is 2.00. The van der Waals surface area contributed by atoms with Gasteiger partial charge in [-0.3, -0.25) is 4.57 Å². The zero-order valence-corrected chi connectivity index (χ0v) is 7.14. The molecule has 0 saturated carbocycles. The number of rotatable bonds is 0. The van der Waals surface area contributed by atoms with Crippen LogP contribution in [0.2, 0.25) is 0 Å². The van der Waals surface area contributed by atoms with Crippen molar-refractivity contribution in [1.29, 1.82) is 0 Å². The van der Waals surface area contributed by atoms with Crippen LogP contribution in [0.15, 0.2) is 54.9 Å². The van der Waals surface area contributed by atoms with Gasteiger partial charge in [0.05, 0.1) is 0 Å². The summed E-state index contributed by atoms with van der Waals surface area (Å²) in [6.07, 6.45) is 3.85. The van der Waals surface area contributed by atoms with Crippen molar-refractivity contribution in [2.24, 2.45) is 0 Å². The highest BCUT2D eigenvalue weighted by molar-refractivity contribution is 5.33. The first-order valence-electron chi connectivity index (χ1n) is 4.15. The zero-order valence-electron chi connectivity index (χ0n) is 7.14. The van der Waals surface area contributed by atoms with E-state index in [0.717, 1.165) is 5.56 Å². The molecular weight excluding hydrogens is 158 g/mol. The van der Waals surface area contributed by atoms with Crippen molar-refractivity contribution in [3.05, 3.63) is 60.4 Å². The van der Waals surface area contributed by atoms with Crippen molar-refractivity contribution >= 4 is 0 Å². The Morgan fingerprint density at radius 2 is 1.54 bits per heavy atom. The van der Waals surface area contributed by atoms with E-state index in [9.17, 15) is 0 Å². The lowest BCUT2D eigenvalue weighted by molar-refractivity contribution is 1.14. The van der Waals surface area contributed by atoms with Crippen molar-refractivity contribution in [2.45, 2.75) is 0 Å². The molecule has 1 aromatic carbocycles. The van der Waals surface area contributed by atoms with Gasteiger partial charge in [0.1, 0.15) is 0 Å². The van der Waals surface area contributed by atoms with E-state index in [2.05, 4.69) is 12.0 Å². The first-order chi connectivity index (χ1) is 6.45. The number of aromatic nitrogens is 1. The fourth-order valence-electron chi connectivity index (χ4n) is 1.06. The van der Waals surface area contributed by atoms with Crippen LogP contribution in [0.25, 0.3) is 0 Å². The van der Waals surface area contributed by atoms with Gasteiger partial charge < -0.3 is 0 Å². The van der Waals surface area contributed by atoms with Crippen molar-refractivity contribution in [2.75, 3.05) is 0 Å². The van der Waals surface area contributed by atoms with E-state index in [0.29, 0.717) is 0 Å². The molecule has 1 heterocycles. The first-order valence-corrected chi connectivity index (χ1v) is 4.15. The molecule has 2 rings (SSSR count). The molecule has 1 heteroatoms. The lowest BCUT2D eigenvalue weighted by atomic mass is 10.2. The Hall–Kier alpha value is -1.94. The molecular formula is C12H9N. The molecule has 0 spiro atoms. The minimum Gasteiger partial charge on any atom is -0.284 e. The fraction of sp³-hybridized carbons (Fsp3) is 0. The van der Waals surface area contributed by atoms with Crippen molar-refractivity contribution in [3.63, 3.8) is 0 Å². The first kappa shape index (κ1) is 7.70. The maximum absolute atomic E-state index is 3.06. The van der Waals surface area contributed by atoms with Gasteiger partial charge in [-0.1, -0.05) is 18.2 Å². The summed E-state index contributed by atoms with van der Waals surface area (Å²) in [7, 11) is 0. The van der Waals surface area contributed by atoms with Gasteiger partial charge in [0, 0.05) is 24.0 Å². The molecule has 0 bridgehead atoms. The quantitative estimate of drug-likeness (QED) is 0.531. The van der Waals surface area contributed by atoms with Crippen molar-refractivity contribution in [3.8, 4) is 12.0 Å². The summed E-state index contributed by atoms with van der Waals surface area (Å²) in [4.78, 5) is 0. The van der Waals surface area contributed by atoms with Gasteiger partial charge in [-0.05, 0) is 30.2 Å². The normalized spacial score (nSPS) is 8.92. The molecule has 0 radical (unpaired) electrons. The van der Waals surface area contributed by atoms with E-state index >= 15 is 0 Å². The summed E-state index contributed by atoms with van der Waals surface area (Å²) in [5, 5.41) is 0. The van der Waals surface area contributed by atoms with Crippen LogP contribution in [-0.2, 0) is 0 Å². The third-order valence-electron chi connectivity index (χ3n) is 1.71. The molecule has 0 aliphatic rings. The molecule has 1 nitrogen and oxygen atoms in total. The van der Waals surface area contributed by atoms with Crippen LogP contribution in [0, 0.1) is 12.0 Å². The van der Waals surface area contributed by atoms with E-state index in [-0.39, 0.29) is 0 Å². The lowest BCUT2D eigenvalue weighted by Crippen LogP contribution is -1.81. The van der Waals surface area contributed by atoms with Gasteiger partial charge in [-0.25, -0.2) is 0 Å². The second-order valence-corrected chi connectivity index (χ2v) is 2.69. The second kappa shape index (κ2) is 3.64. The van der Waals surface area contributed by atoms with Crippen LogP contribution in [0.4, 0.5) is 0 Å². The molecule has 0 N–H and O–H groups in total. The Kier molecular flexibility index (Phi) is 2.16. The Labute approximate surface area is 77.6 Å². The van der Waals surface area contributed by atoms with E-state index in [1.165, 1.54) is 0 Å². The SMILES string of the molecule is C(#Cn1cccc1)c1ccccc1. The van der Waals surface area contributed by atoms with Crippen LogP contribution in [0.1, 0.15) is 5.56 Å². The molecule has 2 aromatic rings. The van der Waals surface area contributed by atoms with Gasteiger partial charge in [0.15, 0.2) is 0 Å². The molecule has 0 amide bonds. The molecule has 13 heavy (non-hydrogen) atoms. The zero-order chi connectivity index (χ0) is 8.93. The minimum atomic E-state index is 1.04. The Balaban J connectivity index is 2.23. The predicted octanol–water partition coefficient (Wildman–Crippen LogP) is 2.35. The topological polar surface area (TPSA) is 4.93 Å². The van der Waals surface area contributed by atoms with Crippen molar-refractivity contribution < 1.29 is 0 Å². The molecule has 0 aliphatic carbocycles. The van der Waals surface area contributed by atoms with Gasteiger partial charge in [0.2, 0.25) is 0 Å². The number of nitrogens with zero attached hydrogens (tertiary/aromatic N) is 1. The number of hydrogen-bond donors (Lipinski definition) is 0. The minimum absolute atomic E-state index is 1.04. The van der Waals surface area contributed by atoms with Crippen LogP contribution < -0.4 is 0 Å². The van der Waals surface area contributed by atoms with E-state index < -0.39 is 0 Å². The van der Waals surface area contributed by atoms with E-state index in [1.54, 1.807) is 0 Å². The van der Waals surface area contributed by atoms with Gasteiger partial charge >= 0.3 is 0 Å². The molecule has 0 saturated heterocycles. The molecule has 62 valence electrons. The van der Waals surface area contributed by atoms with E-state index in [4.69, 9.17) is 0 Å². The third-order valence-corrected chi connectivity index (χ3v) is 1.71.